The molecule has 1 amide bonds. The third kappa shape index (κ3) is 2.40. The summed E-state index contributed by atoms with van der Waals surface area (Å²) < 4.78 is 5.14. The zero-order valence-electron chi connectivity index (χ0n) is 9.47. The maximum Gasteiger partial charge on any atom is 0.256 e. The highest BCUT2D eigenvalue weighted by molar-refractivity contribution is 6.33. The Balaban J connectivity index is 2.30. The Hall–Kier alpha value is -1.77. The van der Waals surface area contributed by atoms with E-state index in [1.54, 1.807) is 0 Å². The maximum atomic E-state index is 12.3. The molecular formula is C12H11ClN2O3. The van der Waals surface area contributed by atoms with E-state index in [1.165, 1.54) is 23.1 Å². The van der Waals surface area contributed by atoms with Gasteiger partial charge in [-0.15, -0.1) is 0 Å². The first-order valence-electron chi connectivity index (χ1n) is 5.40. The standard InChI is InChI=1S/C12H11ClN2O3/c13-11-2-1-9(16)5-10(11)12(17)15-3-4-18-7-8(15)6-14/h1-2,5,8,16H,3-4,7H2. The Labute approximate surface area is 109 Å². The topological polar surface area (TPSA) is 73.6 Å². The van der Waals surface area contributed by atoms with E-state index >= 15 is 0 Å². The Kier molecular flexibility index (Phi) is 3.70. The number of hydrogen-bond donors (Lipinski definition) is 1. The molecule has 2 rings (SSSR count). The van der Waals surface area contributed by atoms with Crippen molar-refractivity contribution in [2.75, 3.05) is 19.8 Å². The first kappa shape index (κ1) is 12.7. The lowest BCUT2D eigenvalue weighted by atomic mass is 10.1. The summed E-state index contributed by atoms with van der Waals surface area (Å²) in [5.74, 6) is -0.407. The Bertz CT molecular complexity index is 513. The summed E-state index contributed by atoms with van der Waals surface area (Å²) in [6.45, 7) is 0.919. The van der Waals surface area contributed by atoms with Crippen molar-refractivity contribution in [1.29, 1.82) is 5.26 Å². The number of aromatic hydroxyl groups is 1. The summed E-state index contributed by atoms with van der Waals surface area (Å²) in [5.41, 5.74) is 0.193. The predicted molar refractivity (Wildman–Crippen MR) is 64.4 cm³/mol. The van der Waals surface area contributed by atoms with Crippen molar-refractivity contribution in [2.24, 2.45) is 0 Å². The number of rotatable bonds is 1. The van der Waals surface area contributed by atoms with Crippen molar-refractivity contribution in [3.05, 3.63) is 28.8 Å². The van der Waals surface area contributed by atoms with E-state index in [2.05, 4.69) is 0 Å². The van der Waals surface area contributed by atoms with Crippen LogP contribution < -0.4 is 0 Å². The molecule has 5 nitrogen and oxygen atoms in total. The molecule has 94 valence electrons. The Morgan fingerprint density at radius 1 is 1.61 bits per heavy atom. The molecule has 1 saturated heterocycles. The molecule has 0 spiro atoms. The van der Waals surface area contributed by atoms with Crippen LogP contribution >= 0.6 is 11.6 Å². The second-order valence-electron chi connectivity index (χ2n) is 3.88. The van der Waals surface area contributed by atoms with E-state index in [1.807, 2.05) is 6.07 Å². The lowest BCUT2D eigenvalue weighted by molar-refractivity contribution is 0.0132. The van der Waals surface area contributed by atoms with Gasteiger partial charge in [0.05, 0.1) is 29.9 Å². The molecular weight excluding hydrogens is 256 g/mol. The van der Waals surface area contributed by atoms with E-state index in [0.717, 1.165) is 0 Å². The zero-order chi connectivity index (χ0) is 13.1. The van der Waals surface area contributed by atoms with Crippen LogP contribution in [0, 0.1) is 11.3 Å². The molecule has 1 aromatic rings. The van der Waals surface area contributed by atoms with Gasteiger partial charge in [-0.1, -0.05) is 11.6 Å². The Morgan fingerprint density at radius 2 is 2.39 bits per heavy atom. The van der Waals surface area contributed by atoms with Crippen LogP contribution in [0.4, 0.5) is 0 Å². The van der Waals surface area contributed by atoms with Gasteiger partial charge >= 0.3 is 0 Å². The lowest BCUT2D eigenvalue weighted by Crippen LogP contribution is -2.48. The third-order valence-electron chi connectivity index (χ3n) is 2.72. The highest BCUT2D eigenvalue weighted by Crippen LogP contribution is 2.24. The molecule has 0 radical (unpaired) electrons. The van der Waals surface area contributed by atoms with Gasteiger partial charge in [0, 0.05) is 6.54 Å². The number of nitrogens with zero attached hydrogens (tertiary/aromatic N) is 2. The number of hydrogen-bond acceptors (Lipinski definition) is 4. The second kappa shape index (κ2) is 5.25. The first-order chi connectivity index (χ1) is 8.63. The monoisotopic (exact) mass is 266 g/mol. The number of carbonyl (C=O) groups excluding carboxylic acids is 1. The summed E-state index contributed by atoms with van der Waals surface area (Å²) in [5, 5.41) is 18.6. The van der Waals surface area contributed by atoms with Gasteiger partial charge in [0.1, 0.15) is 11.8 Å². The minimum atomic E-state index is -0.621. The van der Waals surface area contributed by atoms with E-state index in [9.17, 15) is 9.90 Å². The summed E-state index contributed by atoms with van der Waals surface area (Å²) in [7, 11) is 0. The van der Waals surface area contributed by atoms with Gasteiger partial charge < -0.3 is 14.7 Å². The average molecular weight is 267 g/mol. The first-order valence-corrected chi connectivity index (χ1v) is 5.78. The van der Waals surface area contributed by atoms with Crippen LogP contribution in [-0.2, 0) is 4.74 Å². The number of nitriles is 1. The molecule has 0 saturated carbocycles. The number of benzene rings is 1. The van der Waals surface area contributed by atoms with Crippen molar-refractivity contribution >= 4 is 17.5 Å². The van der Waals surface area contributed by atoms with Crippen molar-refractivity contribution in [1.82, 2.24) is 4.90 Å². The zero-order valence-corrected chi connectivity index (χ0v) is 10.2. The molecule has 1 N–H and O–H groups in total. The van der Waals surface area contributed by atoms with Crippen LogP contribution in [0.3, 0.4) is 0 Å². The van der Waals surface area contributed by atoms with Gasteiger partial charge in [0.2, 0.25) is 0 Å². The van der Waals surface area contributed by atoms with Crippen LogP contribution in [0.25, 0.3) is 0 Å². The van der Waals surface area contributed by atoms with Crippen molar-refractivity contribution in [2.45, 2.75) is 6.04 Å². The van der Waals surface area contributed by atoms with Crippen LogP contribution in [0.5, 0.6) is 5.75 Å². The smallest absolute Gasteiger partial charge is 0.256 e. The minimum Gasteiger partial charge on any atom is -0.508 e. The molecule has 18 heavy (non-hydrogen) atoms. The molecule has 1 unspecified atom stereocenters. The van der Waals surface area contributed by atoms with Gasteiger partial charge in [0.15, 0.2) is 0 Å². The summed E-state index contributed by atoms with van der Waals surface area (Å²) in [6, 6.07) is 5.55. The number of halogens is 1. The fraction of sp³-hybridized carbons (Fsp3) is 0.333. The normalized spacial score (nSPS) is 19.3. The molecule has 1 heterocycles. The fourth-order valence-electron chi connectivity index (χ4n) is 1.79. The highest BCUT2D eigenvalue weighted by atomic mass is 35.5. The number of amides is 1. The molecule has 6 heteroatoms. The van der Waals surface area contributed by atoms with Crippen LogP contribution in [0.15, 0.2) is 18.2 Å². The lowest BCUT2D eigenvalue weighted by Gasteiger charge is -2.31. The second-order valence-corrected chi connectivity index (χ2v) is 4.29. The number of ether oxygens (including phenoxy) is 1. The fourth-order valence-corrected chi connectivity index (χ4v) is 1.98. The number of morpholine rings is 1. The number of phenols is 1. The van der Waals surface area contributed by atoms with E-state index in [4.69, 9.17) is 21.6 Å². The SMILES string of the molecule is N#CC1COCCN1C(=O)c1cc(O)ccc1Cl. The molecule has 1 aromatic carbocycles. The molecule has 0 aromatic heterocycles. The summed E-state index contributed by atoms with van der Waals surface area (Å²) in [4.78, 5) is 13.7. The summed E-state index contributed by atoms with van der Waals surface area (Å²) in [6.07, 6.45) is 0. The maximum absolute atomic E-state index is 12.3. The van der Waals surface area contributed by atoms with Crippen LogP contribution in [0.1, 0.15) is 10.4 Å². The largest absolute Gasteiger partial charge is 0.508 e. The number of carbonyl (C=O) groups is 1. The van der Waals surface area contributed by atoms with Gasteiger partial charge in [-0.25, -0.2) is 0 Å². The molecule has 1 aliphatic heterocycles. The van der Waals surface area contributed by atoms with Crippen molar-refractivity contribution in [3.63, 3.8) is 0 Å². The van der Waals surface area contributed by atoms with Gasteiger partial charge in [0.25, 0.3) is 5.91 Å². The van der Waals surface area contributed by atoms with Crippen LogP contribution in [0.2, 0.25) is 5.02 Å². The molecule has 1 fully saturated rings. The number of phenolic OH excluding ortho intramolecular Hbond substituents is 1. The molecule has 1 atom stereocenters. The van der Waals surface area contributed by atoms with Crippen molar-refractivity contribution < 1.29 is 14.6 Å². The summed E-state index contributed by atoms with van der Waals surface area (Å²) >= 11 is 5.93. The molecule has 0 aliphatic carbocycles. The van der Waals surface area contributed by atoms with Crippen LogP contribution in [-0.4, -0.2) is 41.7 Å². The van der Waals surface area contributed by atoms with Crippen molar-refractivity contribution in [3.8, 4) is 11.8 Å². The van der Waals surface area contributed by atoms with E-state index < -0.39 is 6.04 Å². The highest BCUT2D eigenvalue weighted by Gasteiger charge is 2.29. The molecule has 1 aliphatic rings. The predicted octanol–water partition coefficient (Wildman–Crippen LogP) is 1.41. The van der Waals surface area contributed by atoms with E-state index in [0.29, 0.717) is 13.2 Å². The average Bonchev–Trinajstić information content (AvgIpc) is 2.40. The Morgan fingerprint density at radius 3 is 3.11 bits per heavy atom. The van der Waals surface area contributed by atoms with Gasteiger partial charge in [-0.2, -0.15) is 5.26 Å². The minimum absolute atomic E-state index is 0.0375. The molecule has 0 bridgehead atoms. The quantitative estimate of drug-likeness (QED) is 0.834. The van der Waals surface area contributed by atoms with E-state index in [-0.39, 0.29) is 28.8 Å². The van der Waals surface area contributed by atoms with Gasteiger partial charge in [-0.05, 0) is 18.2 Å². The third-order valence-corrected chi connectivity index (χ3v) is 3.05. The van der Waals surface area contributed by atoms with Gasteiger partial charge in [-0.3, -0.25) is 4.79 Å².